The second-order valence-electron chi connectivity index (χ2n) is 5.38. The minimum Gasteiger partial charge on any atom is -0.351 e. The maximum absolute atomic E-state index is 12.1. The minimum absolute atomic E-state index is 0.0401. The van der Waals surface area contributed by atoms with Gasteiger partial charge in [0.25, 0.3) is 0 Å². The highest BCUT2D eigenvalue weighted by atomic mass is 32.2. The van der Waals surface area contributed by atoms with Crippen molar-refractivity contribution in [2.75, 3.05) is 19.3 Å². The lowest BCUT2D eigenvalue weighted by Crippen LogP contribution is -2.52. The van der Waals surface area contributed by atoms with Crippen LogP contribution in [0.5, 0.6) is 0 Å². The summed E-state index contributed by atoms with van der Waals surface area (Å²) in [5.74, 6) is 0.126. The van der Waals surface area contributed by atoms with Crippen molar-refractivity contribution in [3.63, 3.8) is 0 Å². The number of thioether (sulfide) groups is 1. The van der Waals surface area contributed by atoms with E-state index in [1.807, 2.05) is 12.1 Å². The second-order valence-corrected chi connectivity index (χ2v) is 6.26. The van der Waals surface area contributed by atoms with Gasteiger partial charge in [0, 0.05) is 10.4 Å². The molecule has 1 fully saturated rings. The molecule has 2 N–H and O–H groups in total. The zero-order valence-electron chi connectivity index (χ0n) is 11.7. The lowest BCUT2D eigenvalue weighted by Gasteiger charge is -2.35. The summed E-state index contributed by atoms with van der Waals surface area (Å²) in [4.78, 5) is 13.3. The van der Waals surface area contributed by atoms with Crippen molar-refractivity contribution in [1.82, 2.24) is 10.6 Å². The smallest absolute Gasteiger partial charge is 0.224 e. The van der Waals surface area contributed by atoms with Crippen LogP contribution in [0, 0.1) is 0 Å². The van der Waals surface area contributed by atoms with Crippen LogP contribution in [-0.4, -0.2) is 30.8 Å². The van der Waals surface area contributed by atoms with E-state index in [4.69, 9.17) is 0 Å². The molecule has 0 atom stereocenters. The first-order valence-electron chi connectivity index (χ1n) is 6.76. The summed E-state index contributed by atoms with van der Waals surface area (Å²) < 4.78 is 0. The molecule has 0 aromatic heterocycles. The summed E-state index contributed by atoms with van der Waals surface area (Å²) in [6, 6.07) is 8.21. The Balaban J connectivity index is 1.89. The number of carbonyl (C=O) groups is 1. The van der Waals surface area contributed by atoms with Crippen LogP contribution in [-0.2, 0) is 11.2 Å². The van der Waals surface area contributed by atoms with Crippen LogP contribution in [0.1, 0.15) is 25.3 Å². The summed E-state index contributed by atoms with van der Waals surface area (Å²) in [6.45, 7) is 4.11. The van der Waals surface area contributed by atoms with Gasteiger partial charge in [0.15, 0.2) is 0 Å². The van der Waals surface area contributed by atoms with Crippen molar-refractivity contribution >= 4 is 17.7 Å². The number of nitrogens with one attached hydrogen (secondary N) is 2. The van der Waals surface area contributed by atoms with Crippen LogP contribution in [0.2, 0.25) is 0 Å². The number of hydrogen-bond acceptors (Lipinski definition) is 3. The van der Waals surface area contributed by atoms with E-state index in [2.05, 4.69) is 35.9 Å². The second kappa shape index (κ2) is 6.44. The molecule has 0 bridgehead atoms. The predicted octanol–water partition coefficient (Wildman–Crippen LogP) is 2.21. The highest BCUT2D eigenvalue weighted by Crippen LogP contribution is 2.18. The first-order valence-corrected chi connectivity index (χ1v) is 7.98. The standard InChI is InChI=1S/C15H22N2OS/c1-15(7-9-16-10-8-15)17-14(18)11-12-3-5-13(19-2)6-4-12/h3-6,16H,7-11H2,1-2H3,(H,17,18). The fourth-order valence-corrected chi connectivity index (χ4v) is 2.82. The molecule has 4 heteroatoms. The third kappa shape index (κ3) is 4.25. The SMILES string of the molecule is CSc1ccc(CC(=O)NC2(C)CCNCC2)cc1. The maximum atomic E-state index is 12.1. The van der Waals surface area contributed by atoms with E-state index in [-0.39, 0.29) is 11.4 Å². The van der Waals surface area contributed by atoms with Crippen molar-refractivity contribution < 1.29 is 4.79 Å². The van der Waals surface area contributed by atoms with Crippen molar-refractivity contribution in [2.24, 2.45) is 0 Å². The summed E-state index contributed by atoms with van der Waals surface area (Å²) >= 11 is 1.72. The zero-order valence-corrected chi connectivity index (χ0v) is 12.5. The monoisotopic (exact) mass is 278 g/mol. The van der Waals surface area contributed by atoms with Crippen LogP contribution >= 0.6 is 11.8 Å². The molecule has 1 saturated heterocycles. The van der Waals surface area contributed by atoms with Crippen molar-refractivity contribution in [2.45, 2.75) is 36.6 Å². The van der Waals surface area contributed by atoms with Gasteiger partial charge in [-0.1, -0.05) is 12.1 Å². The molecule has 0 spiro atoms. The van der Waals surface area contributed by atoms with E-state index >= 15 is 0 Å². The first kappa shape index (κ1) is 14.4. The molecule has 1 aliphatic rings. The van der Waals surface area contributed by atoms with Gasteiger partial charge in [-0.3, -0.25) is 4.79 Å². The maximum Gasteiger partial charge on any atom is 0.224 e. The van der Waals surface area contributed by atoms with Gasteiger partial charge in [0.2, 0.25) is 5.91 Å². The summed E-state index contributed by atoms with van der Waals surface area (Å²) in [6.07, 6.45) is 4.53. The summed E-state index contributed by atoms with van der Waals surface area (Å²) in [5.41, 5.74) is 1.04. The topological polar surface area (TPSA) is 41.1 Å². The lowest BCUT2D eigenvalue weighted by atomic mass is 9.90. The fraction of sp³-hybridized carbons (Fsp3) is 0.533. The Morgan fingerprint density at radius 1 is 1.32 bits per heavy atom. The molecule has 0 aliphatic carbocycles. The average molecular weight is 278 g/mol. The van der Waals surface area contributed by atoms with Gasteiger partial charge in [0.1, 0.15) is 0 Å². The quantitative estimate of drug-likeness (QED) is 0.830. The molecule has 1 aromatic carbocycles. The third-order valence-electron chi connectivity index (χ3n) is 3.67. The van der Waals surface area contributed by atoms with Crippen LogP contribution in [0.4, 0.5) is 0 Å². The molecule has 3 nitrogen and oxygen atoms in total. The predicted molar refractivity (Wildman–Crippen MR) is 80.6 cm³/mol. The van der Waals surface area contributed by atoms with E-state index in [1.54, 1.807) is 11.8 Å². The Bertz CT molecular complexity index is 424. The molecule has 1 heterocycles. The molecule has 1 aromatic rings. The van der Waals surface area contributed by atoms with Gasteiger partial charge in [-0.05, 0) is 56.8 Å². The molecule has 1 amide bonds. The van der Waals surface area contributed by atoms with E-state index in [9.17, 15) is 4.79 Å². The highest BCUT2D eigenvalue weighted by Gasteiger charge is 2.27. The number of rotatable bonds is 4. The number of hydrogen-bond donors (Lipinski definition) is 2. The largest absolute Gasteiger partial charge is 0.351 e. The van der Waals surface area contributed by atoms with Gasteiger partial charge in [-0.15, -0.1) is 11.8 Å². The van der Waals surface area contributed by atoms with E-state index < -0.39 is 0 Å². The average Bonchev–Trinajstić information content (AvgIpc) is 2.39. The van der Waals surface area contributed by atoms with E-state index in [0.29, 0.717) is 6.42 Å². The van der Waals surface area contributed by atoms with Crippen LogP contribution in [0.3, 0.4) is 0 Å². The molecule has 104 valence electrons. The number of benzene rings is 1. The molecule has 1 aliphatic heterocycles. The molecule has 0 unspecified atom stereocenters. The molecule has 19 heavy (non-hydrogen) atoms. The Labute approximate surface area is 119 Å². The summed E-state index contributed by atoms with van der Waals surface area (Å²) in [5, 5.41) is 6.51. The van der Waals surface area contributed by atoms with E-state index in [0.717, 1.165) is 31.5 Å². The van der Waals surface area contributed by atoms with Crippen molar-refractivity contribution in [1.29, 1.82) is 0 Å². The normalized spacial score (nSPS) is 18.0. The van der Waals surface area contributed by atoms with Gasteiger partial charge < -0.3 is 10.6 Å². The van der Waals surface area contributed by atoms with E-state index in [1.165, 1.54) is 4.90 Å². The Hall–Kier alpha value is -1.00. The number of carbonyl (C=O) groups excluding carboxylic acids is 1. The summed E-state index contributed by atoms with van der Waals surface area (Å²) in [7, 11) is 0. The number of piperidine rings is 1. The molecular weight excluding hydrogens is 256 g/mol. The van der Waals surface area contributed by atoms with Gasteiger partial charge in [-0.2, -0.15) is 0 Å². The van der Waals surface area contributed by atoms with Crippen molar-refractivity contribution in [3.8, 4) is 0 Å². The Morgan fingerprint density at radius 3 is 2.53 bits per heavy atom. The number of amides is 1. The lowest BCUT2D eigenvalue weighted by molar-refractivity contribution is -0.122. The zero-order chi connectivity index (χ0) is 13.7. The third-order valence-corrected chi connectivity index (χ3v) is 4.42. The van der Waals surface area contributed by atoms with Gasteiger partial charge in [-0.25, -0.2) is 0 Å². The molecular formula is C15H22N2OS. The van der Waals surface area contributed by atoms with Crippen LogP contribution < -0.4 is 10.6 Å². The Kier molecular flexibility index (Phi) is 4.88. The molecule has 2 rings (SSSR count). The van der Waals surface area contributed by atoms with Gasteiger partial charge >= 0.3 is 0 Å². The fourth-order valence-electron chi connectivity index (χ4n) is 2.41. The van der Waals surface area contributed by atoms with Crippen LogP contribution in [0.15, 0.2) is 29.2 Å². The van der Waals surface area contributed by atoms with Crippen LogP contribution in [0.25, 0.3) is 0 Å². The molecule has 0 radical (unpaired) electrons. The molecule has 0 saturated carbocycles. The first-order chi connectivity index (χ1) is 9.11. The van der Waals surface area contributed by atoms with Crippen molar-refractivity contribution in [3.05, 3.63) is 29.8 Å². The Morgan fingerprint density at radius 2 is 1.95 bits per heavy atom. The minimum atomic E-state index is -0.0401. The highest BCUT2D eigenvalue weighted by molar-refractivity contribution is 7.98. The van der Waals surface area contributed by atoms with Gasteiger partial charge in [0.05, 0.1) is 6.42 Å².